The summed E-state index contributed by atoms with van der Waals surface area (Å²) in [7, 11) is 0. The van der Waals surface area contributed by atoms with Gasteiger partial charge in [-0.05, 0) is 19.4 Å². The summed E-state index contributed by atoms with van der Waals surface area (Å²) in [6.45, 7) is 3.84. The van der Waals surface area contributed by atoms with Crippen molar-refractivity contribution in [3.63, 3.8) is 0 Å². The van der Waals surface area contributed by atoms with Gasteiger partial charge in [-0.2, -0.15) is 0 Å². The monoisotopic (exact) mass is 345 g/mol. The number of nitrogens with zero attached hydrogens (tertiary/aromatic N) is 4. The fourth-order valence-electron chi connectivity index (χ4n) is 2.37. The molecule has 0 aliphatic rings. The van der Waals surface area contributed by atoms with Crippen LogP contribution >= 0.6 is 22.7 Å². The third-order valence-electron chi connectivity index (χ3n) is 3.70. The van der Waals surface area contributed by atoms with Crippen molar-refractivity contribution in [2.75, 3.05) is 5.43 Å². The summed E-state index contributed by atoms with van der Waals surface area (Å²) in [6.07, 6.45) is 4.59. The molecule has 0 aromatic carbocycles. The molecule has 0 aliphatic carbocycles. The van der Waals surface area contributed by atoms with E-state index >= 15 is 0 Å². The van der Waals surface area contributed by atoms with Gasteiger partial charge in [-0.15, -0.1) is 22.7 Å². The Bertz CT molecular complexity index is 1120. The second kappa shape index (κ2) is 5.00. The summed E-state index contributed by atoms with van der Waals surface area (Å²) in [4.78, 5) is 35.9. The number of imidazole rings is 1. The van der Waals surface area contributed by atoms with Crippen LogP contribution in [0.4, 0.5) is 0 Å². The Labute approximate surface area is 137 Å². The lowest BCUT2D eigenvalue weighted by Crippen LogP contribution is -2.33. The van der Waals surface area contributed by atoms with Gasteiger partial charge in [0.2, 0.25) is 0 Å². The highest BCUT2D eigenvalue weighted by Crippen LogP contribution is 2.25. The number of hydrogen-bond acceptors (Lipinski definition) is 6. The van der Waals surface area contributed by atoms with Gasteiger partial charge in [0.25, 0.3) is 11.5 Å². The van der Waals surface area contributed by atoms with E-state index in [9.17, 15) is 9.59 Å². The highest BCUT2D eigenvalue weighted by molar-refractivity contribution is 7.18. The zero-order valence-corrected chi connectivity index (χ0v) is 13.9. The maximum absolute atomic E-state index is 12.6. The molecule has 4 rings (SSSR count). The Morgan fingerprint density at radius 1 is 1.30 bits per heavy atom. The van der Waals surface area contributed by atoms with Crippen LogP contribution in [0.25, 0.3) is 15.0 Å². The van der Waals surface area contributed by atoms with Crippen LogP contribution in [0.3, 0.4) is 0 Å². The minimum absolute atomic E-state index is 0.276. The Kier molecular flexibility index (Phi) is 3.06. The summed E-state index contributed by atoms with van der Waals surface area (Å²) in [5.74, 6) is -0.387. The standard InChI is InChI=1S/C14H11N5O2S2/c1-7-8(2)23-13-11(7)14(21)19(6-16-13)17-12(20)9-4-22-10-3-15-5-18(9)10/h3-6H,1-2H3,(H,17,20). The van der Waals surface area contributed by atoms with E-state index in [4.69, 9.17) is 0 Å². The van der Waals surface area contributed by atoms with Crippen molar-refractivity contribution in [3.05, 3.63) is 50.7 Å². The molecule has 0 saturated heterocycles. The van der Waals surface area contributed by atoms with E-state index in [1.54, 1.807) is 22.3 Å². The molecule has 7 nitrogen and oxygen atoms in total. The van der Waals surface area contributed by atoms with Gasteiger partial charge in [-0.1, -0.05) is 0 Å². The Morgan fingerprint density at radius 2 is 2.13 bits per heavy atom. The number of rotatable bonds is 2. The smallest absolute Gasteiger partial charge is 0.285 e. The summed E-state index contributed by atoms with van der Waals surface area (Å²) in [6, 6.07) is 0. The van der Waals surface area contributed by atoms with E-state index in [0.717, 1.165) is 19.9 Å². The molecule has 0 saturated carbocycles. The molecule has 1 amide bonds. The lowest BCUT2D eigenvalue weighted by atomic mass is 10.2. The average Bonchev–Trinajstić information content (AvgIpc) is 3.18. The van der Waals surface area contributed by atoms with Crippen molar-refractivity contribution in [1.82, 2.24) is 19.0 Å². The quantitative estimate of drug-likeness (QED) is 0.604. The number of thiazole rings is 1. The van der Waals surface area contributed by atoms with Gasteiger partial charge in [0, 0.05) is 10.3 Å². The van der Waals surface area contributed by atoms with Gasteiger partial charge >= 0.3 is 0 Å². The first-order valence-corrected chi connectivity index (χ1v) is 8.44. The molecule has 116 valence electrons. The van der Waals surface area contributed by atoms with Crippen LogP contribution in [-0.2, 0) is 0 Å². The Morgan fingerprint density at radius 3 is 2.96 bits per heavy atom. The number of hydrogen-bond donors (Lipinski definition) is 1. The number of amides is 1. The molecule has 0 aliphatic heterocycles. The largest absolute Gasteiger partial charge is 0.288 e. The lowest BCUT2D eigenvalue weighted by molar-refractivity contribution is 0.100. The molecular formula is C14H11N5O2S2. The van der Waals surface area contributed by atoms with E-state index in [1.807, 2.05) is 13.8 Å². The van der Waals surface area contributed by atoms with Gasteiger partial charge < -0.3 is 0 Å². The van der Waals surface area contributed by atoms with Crippen molar-refractivity contribution in [2.24, 2.45) is 0 Å². The first-order chi connectivity index (χ1) is 11.1. The molecule has 4 aromatic rings. The van der Waals surface area contributed by atoms with E-state index in [2.05, 4.69) is 15.4 Å². The van der Waals surface area contributed by atoms with Crippen LogP contribution < -0.4 is 11.0 Å². The number of carbonyl (C=O) groups is 1. The molecule has 0 unspecified atom stereocenters. The number of carbonyl (C=O) groups excluding carboxylic acids is 1. The number of aryl methyl sites for hydroxylation is 2. The van der Waals surface area contributed by atoms with Gasteiger partial charge in [-0.25, -0.2) is 14.6 Å². The van der Waals surface area contributed by atoms with Crippen LogP contribution in [0.1, 0.15) is 20.9 Å². The van der Waals surface area contributed by atoms with Crippen molar-refractivity contribution in [2.45, 2.75) is 13.8 Å². The second-order valence-corrected chi connectivity index (χ2v) is 7.14. The topological polar surface area (TPSA) is 81.3 Å². The molecular weight excluding hydrogens is 334 g/mol. The van der Waals surface area contributed by atoms with E-state index in [0.29, 0.717) is 15.9 Å². The molecule has 4 aromatic heterocycles. The molecule has 1 N–H and O–H groups in total. The van der Waals surface area contributed by atoms with Gasteiger partial charge in [0.15, 0.2) is 0 Å². The molecule has 0 bridgehead atoms. The number of aromatic nitrogens is 4. The fourth-order valence-corrected chi connectivity index (χ4v) is 4.19. The zero-order chi connectivity index (χ0) is 16.1. The maximum atomic E-state index is 12.6. The van der Waals surface area contributed by atoms with Crippen molar-refractivity contribution in [1.29, 1.82) is 0 Å². The highest BCUT2D eigenvalue weighted by atomic mass is 32.1. The number of nitrogens with one attached hydrogen (secondary N) is 1. The minimum Gasteiger partial charge on any atom is -0.285 e. The minimum atomic E-state index is -0.387. The maximum Gasteiger partial charge on any atom is 0.288 e. The summed E-state index contributed by atoms with van der Waals surface area (Å²) in [5.41, 5.74) is 3.64. The predicted octanol–water partition coefficient (Wildman–Crippen LogP) is 2.17. The molecule has 0 fully saturated rings. The van der Waals surface area contributed by atoms with Gasteiger partial charge in [-0.3, -0.25) is 19.4 Å². The summed E-state index contributed by atoms with van der Waals surface area (Å²) in [5, 5.41) is 2.27. The molecule has 9 heteroatoms. The molecule has 0 spiro atoms. The fraction of sp³-hybridized carbons (Fsp3) is 0.143. The second-order valence-electron chi connectivity index (χ2n) is 5.05. The van der Waals surface area contributed by atoms with E-state index < -0.39 is 0 Å². The molecule has 23 heavy (non-hydrogen) atoms. The lowest BCUT2D eigenvalue weighted by Gasteiger charge is -2.07. The third kappa shape index (κ3) is 2.08. The SMILES string of the molecule is Cc1sc2ncn(NC(=O)c3csc4cncn34)c(=O)c2c1C. The predicted molar refractivity (Wildman–Crippen MR) is 90.1 cm³/mol. The molecule has 4 heterocycles. The first kappa shape index (κ1) is 14.1. The van der Waals surface area contributed by atoms with E-state index in [-0.39, 0.29) is 11.5 Å². The van der Waals surface area contributed by atoms with Crippen molar-refractivity contribution < 1.29 is 4.79 Å². The Hall–Kier alpha value is -2.52. The normalized spacial score (nSPS) is 11.4. The molecule has 0 radical (unpaired) electrons. The zero-order valence-electron chi connectivity index (χ0n) is 12.2. The van der Waals surface area contributed by atoms with Crippen molar-refractivity contribution >= 4 is 43.6 Å². The number of thiophene rings is 1. The van der Waals surface area contributed by atoms with Crippen LogP contribution in [-0.4, -0.2) is 25.0 Å². The summed E-state index contributed by atoms with van der Waals surface area (Å²) >= 11 is 2.88. The van der Waals surface area contributed by atoms with Crippen molar-refractivity contribution in [3.8, 4) is 0 Å². The van der Waals surface area contributed by atoms with Gasteiger partial charge in [0.1, 0.15) is 28.0 Å². The van der Waals surface area contributed by atoms with E-state index in [1.165, 1.54) is 29.0 Å². The highest BCUT2D eigenvalue weighted by Gasteiger charge is 2.16. The summed E-state index contributed by atoms with van der Waals surface area (Å²) < 4.78 is 2.81. The van der Waals surface area contributed by atoms with Crippen LogP contribution in [0.15, 0.2) is 29.0 Å². The average molecular weight is 345 g/mol. The first-order valence-electron chi connectivity index (χ1n) is 6.74. The van der Waals surface area contributed by atoms with Gasteiger partial charge in [0.05, 0.1) is 11.6 Å². The number of fused-ring (bicyclic) bond motifs is 2. The third-order valence-corrected chi connectivity index (χ3v) is 5.70. The van der Waals surface area contributed by atoms with Crippen LogP contribution in [0.5, 0.6) is 0 Å². The Balaban J connectivity index is 1.77. The molecule has 0 atom stereocenters. The van der Waals surface area contributed by atoms with Crippen LogP contribution in [0.2, 0.25) is 0 Å². The van der Waals surface area contributed by atoms with Crippen LogP contribution in [0, 0.1) is 13.8 Å².